The Hall–Kier alpha value is -2.68. The summed E-state index contributed by atoms with van der Waals surface area (Å²) >= 11 is 0. The molecule has 0 spiro atoms. The largest absolute Gasteiger partial charge is 0.370 e. The number of nitrogens with one attached hydrogen (secondary N) is 1. The van der Waals surface area contributed by atoms with Crippen molar-refractivity contribution in [3.8, 4) is 0 Å². The topological polar surface area (TPSA) is 42.0 Å². The molecule has 1 aliphatic heterocycles. The molecule has 0 saturated carbocycles. The maximum atomic E-state index is 12.4. The maximum Gasteiger partial charge on any atom is 0.193 e. The van der Waals surface area contributed by atoms with Gasteiger partial charge in [0.15, 0.2) is 5.78 Å². The average Bonchev–Trinajstić information content (AvgIpc) is 2.84. The van der Waals surface area contributed by atoms with E-state index >= 15 is 0 Å². The smallest absolute Gasteiger partial charge is 0.193 e. The lowest BCUT2D eigenvalue weighted by Crippen LogP contribution is -2.14. The Balaban J connectivity index is 1.80. The summed E-state index contributed by atoms with van der Waals surface area (Å²) in [5.41, 5.74) is 3.31. The van der Waals surface area contributed by atoms with Gasteiger partial charge in [-0.1, -0.05) is 36.4 Å². The summed E-state index contributed by atoms with van der Waals surface area (Å²) in [6.07, 6.45) is 0. The van der Waals surface area contributed by atoms with E-state index in [4.69, 9.17) is 0 Å². The molecule has 96 valence electrons. The summed E-state index contributed by atoms with van der Waals surface area (Å²) in [5, 5.41) is 4.34. The molecule has 2 heterocycles. The van der Waals surface area contributed by atoms with Gasteiger partial charge in [-0.2, -0.15) is 0 Å². The van der Waals surface area contributed by atoms with Gasteiger partial charge >= 0.3 is 0 Å². The molecular formula is C17H12N2O. The molecule has 0 saturated heterocycles. The normalized spacial score (nSPS) is 17.0. The first-order valence-corrected chi connectivity index (χ1v) is 6.58. The zero-order valence-electron chi connectivity index (χ0n) is 10.7. The van der Waals surface area contributed by atoms with E-state index in [1.54, 1.807) is 0 Å². The van der Waals surface area contributed by atoms with Gasteiger partial charge in [0.1, 0.15) is 6.04 Å². The van der Waals surface area contributed by atoms with E-state index in [1.807, 2.05) is 60.7 Å². The Bertz CT molecular complexity index is 826. The first-order valence-electron chi connectivity index (χ1n) is 6.58. The van der Waals surface area contributed by atoms with Gasteiger partial charge in [-0.15, -0.1) is 0 Å². The van der Waals surface area contributed by atoms with Crippen LogP contribution in [0.4, 0.5) is 5.69 Å². The molecule has 2 aromatic carbocycles. The molecule has 1 unspecified atom stereocenters. The number of carbonyl (C=O) groups is 1. The lowest BCUT2D eigenvalue weighted by atomic mass is 10.0. The highest BCUT2D eigenvalue weighted by Gasteiger charge is 2.31. The number of Topliss-reactive ketones (excluding diaryl/α,β-unsaturated/α-hetero) is 1. The van der Waals surface area contributed by atoms with Crippen molar-refractivity contribution < 1.29 is 4.79 Å². The fourth-order valence-corrected chi connectivity index (χ4v) is 2.65. The fraction of sp³-hybridized carbons (Fsp3) is 0.0588. The van der Waals surface area contributed by atoms with Gasteiger partial charge in [0.05, 0.1) is 11.2 Å². The minimum atomic E-state index is -0.378. The first kappa shape index (κ1) is 11.2. The van der Waals surface area contributed by atoms with Crippen LogP contribution in [0.3, 0.4) is 0 Å². The predicted molar refractivity (Wildman–Crippen MR) is 78.9 cm³/mol. The third-order valence-corrected chi connectivity index (χ3v) is 3.67. The minimum Gasteiger partial charge on any atom is -0.370 e. The molecule has 1 aromatic heterocycles. The summed E-state index contributed by atoms with van der Waals surface area (Å²) in [6.45, 7) is 0. The van der Waals surface area contributed by atoms with Crippen LogP contribution >= 0.6 is 0 Å². The second kappa shape index (κ2) is 4.17. The quantitative estimate of drug-likeness (QED) is 0.727. The van der Waals surface area contributed by atoms with Crippen molar-refractivity contribution in [3.05, 3.63) is 71.9 Å². The van der Waals surface area contributed by atoms with Crippen molar-refractivity contribution in [2.24, 2.45) is 0 Å². The van der Waals surface area contributed by atoms with E-state index in [2.05, 4.69) is 10.3 Å². The van der Waals surface area contributed by atoms with Crippen LogP contribution < -0.4 is 5.32 Å². The molecule has 1 atom stereocenters. The first-order chi connectivity index (χ1) is 9.83. The van der Waals surface area contributed by atoms with E-state index in [9.17, 15) is 4.79 Å². The van der Waals surface area contributed by atoms with Gasteiger partial charge in [0.25, 0.3) is 0 Å². The maximum absolute atomic E-state index is 12.4. The number of para-hydroxylation sites is 2. The molecule has 1 aliphatic rings. The Morgan fingerprint density at radius 2 is 1.70 bits per heavy atom. The van der Waals surface area contributed by atoms with Gasteiger partial charge in [-0.05, 0) is 24.3 Å². The van der Waals surface area contributed by atoms with Crippen LogP contribution in [0.5, 0.6) is 0 Å². The van der Waals surface area contributed by atoms with Crippen molar-refractivity contribution in [2.75, 3.05) is 5.32 Å². The molecular weight excluding hydrogens is 248 g/mol. The second-order valence-corrected chi connectivity index (χ2v) is 4.92. The van der Waals surface area contributed by atoms with Gasteiger partial charge in [-0.25, -0.2) is 0 Å². The number of anilines is 1. The third-order valence-electron chi connectivity index (χ3n) is 3.67. The van der Waals surface area contributed by atoms with E-state index in [0.717, 1.165) is 27.8 Å². The molecule has 0 aliphatic carbocycles. The van der Waals surface area contributed by atoms with Crippen molar-refractivity contribution >= 4 is 22.4 Å². The van der Waals surface area contributed by atoms with Crippen LogP contribution in [0, 0.1) is 0 Å². The minimum absolute atomic E-state index is 0.0865. The molecule has 1 N–H and O–H groups in total. The molecule has 20 heavy (non-hydrogen) atoms. The average molecular weight is 260 g/mol. The molecule has 0 radical (unpaired) electrons. The Morgan fingerprint density at radius 1 is 0.900 bits per heavy atom. The molecule has 3 aromatic rings. The number of carbonyl (C=O) groups excluding carboxylic acids is 1. The highest BCUT2D eigenvalue weighted by molar-refractivity contribution is 6.10. The van der Waals surface area contributed by atoms with Crippen molar-refractivity contribution in [1.29, 1.82) is 0 Å². The number of benzene rings is 2. The Kier molecular flexibility index (Phi) is 2.33. The molecule has 3 nitrogen and oxygen atoms in total. The van der Waals surface area contributed by atoms with Gasteiger partial charge in [0.2, 0.25) is 0 Å². The van der Waals surface area contributed by atoms with Crippen LogP contribution in [0.15, 0.2) is 60.7 Å². The number of pyridine rings is 1. The highest BCUT2D eigenvalue weighted by atomic mass is 16.1. The zero-order chi connectivity index (χ0) is 13.5. The summed E-state index contributed by atoms with van der Waals surface area (Å²) < 4.78 is 0. The molecule has 0 bridgehead atoms. The number of nitrogens with zero attached hydrogens (tertiary/aromatic N) is 1. The van der Waals surface area contributed by atoms with Gasteiger partial charge in [0, 0.05) is 16.6 Å². The summed E-state index contributed by atoms with van der Waals surface area (Å²) in [5.74, 6) is 0.0865. The highest BCUT2D eigenvalue weighted by Crippen LogP contribution is 2.33. The standard InChI is InChI=1S/C17H12N2O/c20-17-12-6-2-4-8-14(12)19-16(17)15-10-9-11-5-1-3-7-13(11)18-15/h1-10,16,19H. The zero-order valence-corrected chi connectivity index (χ0v) is 10.7. The van der Waals surface area contributed by atoms with Crippen LogP contribution in [0.25, 0.3) is 10.9 Å². The number of fused-ring (bicyclic) bond motifs is 2. The lowest BCUT2D eigenvalue weighted by molar-refractivity contribution is 0.0978. The summed E-state index contributed by atoms with van der Waals surface area (Å²) in [7, 11) is 0. The Labute approximate surface area is 116 Å². The molecule has 4 rings (SSSR count). The van der Waals surface area contributed by atoms with Crippen LogP contribution in [0.1, 0.15) is 22.1 Å². The van der Waals surface area contributed by atoms with E-state index < -0.39 is 0 Å². The van der Waals surface area contributed by atoms with Crippen LogP contribution in [-0.2, 0) is 0 Å². The number of hydrogen-bond donors (Lipinski definition) is 1. The van der Waals surface area contributed by atoms with Crippen LogP contribution in [-0.4, -0.2) is 10.8 Å². The lowest BCUT2D eigenvalue weighted by Gasteiger charge is -2.10. The van der Waals surface area contributed by atoms with Gasteiger partial charge in [-0.3, -0.25) is 9.78 Å². The van der Waals surface area contributed by atoms with E-state index in [1.165, 1.54) is 0 Å². The van der Waals surface area contributed by atoms with E-state index in [0.29, 0.717) is 0 Å². The van der Waals surface area contributed by atoms with E-state index in [-0.39, 0.29) is 11.8 Å². The Morgan fingerprint density at radius 3 is 2.60 bits per heavy atom. The number of hydrogen-bond acceptors (Lipinski definition) is 3. The van der Waals surface area contributed by atoms with Gasteiger partial charge < -0.3 is 5.32 Å². The number of rotatable bonds is 1. The summed E-state index contributed by atoms with van der Waals surface area (Å²) in [6, 6.07) is 19.1. The number of ketones is 1. The van der Waals surface area contributed by atoms with Crippen molar-refractivity contribution in [2.45, 2.75) is 6.04 Å². The predicted octanol–water partition coefficient (Wildman–Crippen LogP) is 3.58. The van der Waals surface area contributed by atoms with Crippen molar-refractivity contribution in [1.82, 2.24) is 4.98 Å². The SMILES string of the molecule is O=C1c2ccccc2NC1c1ccc2ccccc2n1. The third kappa shape index (κ3) is 1.60. The molecule has 0 fully saturated rings. The second-order valence-electron chi connectivity index (χ2n) is 4.92. The molecule has 3 heteroatoms. The summed E-state index contributed by atoms with van der Waals surface area (Å²) in [4.78, 5) is 17.0. The fourth-order valence-electron chi connectivity index (χ4n) is 2.65. The van der Waals surface area contributed by atoms with Crippen molar-refractivity contribution in [3.63, 3.8) is 0 Å². The monoisotopic (exact) mass is 260 g/mol. The number of aromatic nitrogens is 1. The van der Waals surface area contributed by atoms with Crippen LogP contribution in [0.2, 0.25) is 0 Å². The molecule has 0 amide bonds.